The minimum absolute atomic E-state index is 0.0585. The third-order valence-corrected chi connectivity index (χ3v) is 5.55. The van der Waals surface area contributed by atoms with Gasteiger partial charge in [-0.1, -0.05) is 11.6 Å². The van der Waals surface area contributed by atoms with E-state index >= 15 is 0 Å². The Balaban J connectivity index is 2.99. The molecule has 0 aliphatic carbocycles. The standard InChI is InChI=1S/C11H14ClNO4S2/c1-13(6-5-11(14)15)19(16,17)8-3-4-10(18-2)9(12)7-8/h3-4,7H,5-6H2,1-2H3,(H,14,15). The lowest BCUT2D eigenvalue weighted by molar-refractivity contribution is -0.137. The Morgan fingerprint density at radius 3 is 2.58 bits per heavy atom. The number of halogens is 1. The van der Waals surface area contributed by atoms with E-state index in [0.29, 0.717) is 5.02 Å². The van der Waals surface area contributed by atoms with Gasteiger partial charge in [-0.15, -0.1) is 11.8 Å². The van der Waals surface area contributed by atoms with Crippen molar-refractivity contribution in [2.75, 3.05) is 19.8 Å². The van der Waals surface area contributed by atoms with E-state index in [9.17, 15) is 13.2 Å². The van der Waals surface area contributed by atoms with Gasteiger partial charge in [-0.05, 0) is 24.5 Å². The molecule has 0 saturated carbocycles. The number of nitrogens with zero attached hydrogens (tertiary/aromatic N) is 1. The smallest absolute Gasteiger partial charge is 0.304 e. The highest BCUT2D eigenvalue weighted by Gasteiger charge is 2.22. The lowest BCUT2D eigenvalue weighted by Crippen LogP contribution is -2.29. The average Bonchev–Trinajstić information content (AvgIpc) is 2.35. The van der Waals surface area contributed by atoms with Gasteiger partial charge in [-0.2, -0.15) is 0 Å². The van der Waals surface area contributed by atoms with Crippen LogP contribution >= 0.6 is 23.4 Å². The van der Waals surface area contributed by atoms with Crippen LogP contribution in [0.1, 0.15) is 6.42 Å². The fourth-order valence-corrected chi connectivity index (χ4v) is 3.49. The van der Waals surface area contributed by atoms with Crippen molar-refractivity contribution < 1.29 is 18.3 Å². The molecule has 0 aliphatic heterocycles. The second kappa shape index (κ2) is 6.60. The molecule has 0 amide bonds. The molecule has 0 bridgehead atoms. The zero-order valence-corrected chi connectivity index (χ0v) is 12.8. The van der Waals surface area contributed by atoms with Crippen LogP contribution in [-0.2, 0) is 14.8 Å². The Morgan fingerprint density at radius 1 is 1.47 bits per heavy atom. The fourth-order valence-electron chi connectivity index (χ4n) is 1.36. The molecule has 1 N–H and O–H groups in total. The van der Waals surface area contributed by atoms with Gasteiger partial charge in [0, 0.05) is 18.5 Å². The Hall–Kier alpha value is -0.760. The minimum atomic E-state index is -3.71. The number of thioether (sulfide) groups is 1. The Morgan fingerprint density at radius 2 is 2.11 bits per heavy atom. The van der Waals surface area contributed by atoms with Crippen molar-refractivity contribution in [3.05, 3.63) is 23.2 Å². The number of rotatable bonds is 6. The topological polar surface area (TPSA) is 74.7 Å². The Labute approximate surface area is 121 Å². The predicted molar refractivity (Wildman–Crippen MR) is 75.3 cm³/mol. The molecule has 0 atom stereocenters. The first-order chi connectivity index (χ1) is 8.78. The van der Waals surface area contributed by atoms with E-state index < -0.39 is 16.0 Å². The molecule has 5 nitrogen and oxygen atoms in total. The molecule has 106 valence electrons. The van der Waals surface area contributed by atoms with Crippen LogP contribution in [0, 0.1) is 0 Å². The molecular weight excluding hydrogens is 310 g/mol. The maximum Gasteiger partial charge on any atom is 0.304 e. The second-order valence-corrected chi connectivity index (χ2v) is 7.07. The largest absolute Gasteiger partial charge is 0.481 e. The molecule has 0 aliphatic rings. The lowest BCUT2D eigenvalue weighted by atomic mass is 10.4. The van der Waals surface area contributed by atoms with Crippen LogP contribution in [0.4, 0.5) is 0 Å². The van der Waals surface area contributed by atoms with E-state index in [1.165, 1.54) is 30.9 Å². The van der Waals surface area contributed by atoms with Gasteiger partial charge in [0.25, 0.3) is 0 Å². The summed E-state index contributed by atoms with van der Waals surface area (Å²) in [5.74, 6) is -1.04. The summed E-state index contributed by atoms with van der Waals surface area (Å²) in [5.41, 5.74) is 0. The van der Waals surface area contributed by atoms with Crippen LogP contribution in [0.5, 0.6) is 0 Å². The molecule has 8 heteroatoms. The number of aliphatic carboxylic acids is 1. The van der Waals surface area contributed by atoms with Gasteiger partial charge in [0.1, 0.15) is 0 Å². The van der Waals surface area contributed by atoms with Crippen molar-refractivity contribution in [3.63, 3.8) is 0 Å². The summed E-state index contributed by atoms with van der Waals surface area (Å²) in [6, 6.07) is 4.47. The molecule has 0 saturated heterocycles. The monoisotopic (exact) mass is 323 g/mol. The van der Waals surface area contributed by atoms with E-state index in [-0.39, 0.29) is 17.9 Å². The van der Waals surface area contributed by atoms with Crippen molar-refractivity contribution in [1.29, 1.82) is 0 Å². The highest BCUT2D eigenvalue weighted by Crippen LogP contribution is 2.28. The highest BCUT2D eigenvalue weighted by atomic mass is 35.5. The maximum atomic E-state index is 12.2. The summed E-state index contributed by atoms with van der Waals surface area (Å²) in [5, 5.41) is 8.93. The van der Waals surface area contributed by atoms with E-state index in [4.69, 9.17) is 16.7 Å². The normalized spacial score (nSPS) is 11.8. The van der Waals surface area contributed by atoms with Gasteiger partial charge in [0.05, 0.1) is 16.3 Å². The highest BCUT2D eigenvalue weighted by molar-refractivity contribution is 7.98. The summed E-state index contributed by atoms with van der Waals surface area (Å²) >= 11 is 7.39. The van der Waals surface area contributed by atoms with Crippen LogP contribution < -0.4 is 0 Å². The molecule has 0 heterocycles. The summed E-state index contributed by atoms with van der Waals surface area (Å²) in [4.78, 5) is 11.3. The lowest BCUT2D eigenvalue weighted by Gasteiger charge is -2.16. The van der Waals surface area contributed by atoms with Crippen LogP contribution in [-0.4, -0.2) is 43.6 Å². The van der Waals surface area contributed by atoms with Crippen molar-refractivity contribution in [2.24, 2.45) is 0 Å². The van der Waals surface area contributed by atoms with Gasteiger partial charge in [0.2, 0.25) is 10.0 Å². The molecule has 19 heavy (non-hydrogen) atoms. The predicted octanol–water partition coefficient (Wildman–Crippen LogP) is 2.16. The van der Waals surface area contributed by atoms with E-state index in [2.05, 4.69) is 0 Å². The molecule has 0 fully saturated rings. The number of carboxylic acid groups (broad SMARTS) is 1. The first kappa shape index (κ1) is 16.3. The molecule has 0 spiro atoms. The SMILES string of the molecule is CSc1ccc(S(=O)(=O)N(C)CCC(=O)O)cc1Cl. The fraction of sp³-hybridized carbons (Fsp3) is 0.364. The van der Waals surface area contributed by atoms with Crippen LogP contribution in [0.25, 0.3) is 0 Å². The van der Waals surface area contributed by atoms with Gasteiger partial charge >= 0.3 is 5.97 Å². The molecule has 1 aromatic rings. The van der Waals surface area contributed by atoms with Crippen molar-refractivity contribution in [3.8, 4) is 0 Å². The average molecular weight is 324 g/mol. The summed E-state index contributed by atoms with van der Waals surface area (Å²) in [6.07, 6.45) is 1.60. The second-order valence-electron chi connectivity index (χ2n) is 3.77. The number of carboxylic acids is 1. The Kier molecular flexibility index (Phi) is 5.66. The number of hydrogen-bond acceptors (Lipinski definition) is 4. The quantitative estimate of drug-likeness (QED) is 0.812. The third-order valence-electron chi connectivity index (χ3n) is 2.47. The minimum Gasteiger partial charge on any atom is -0.481 e. The number of carbonyl (C=O) groups is 1. The summed E-state index contributed by atoms with van der Waals surface area (Å²) in [7, 11) is -2.36. The van der Waals surface area contributed by atoms with Crippen molar-refractivity contribution in [2.45, 2.75) is 16.2 Å². The molecule has 1 aromatic carbocycles. The third kappa shape index (κ3) is 4.10. The van der Waals surface area contributed by atoms with Crippen LogP contribution in [0.3, 0.4) is 0 Å². The zero-order chi connectivity index (χ0) is 14.6. The van der Waals surface area contributed by atoms with E-state index in [0.717, 1.165) is 9.20 Å². The summed E-state index contributed by atoms with van der Waals surface area (Å²) < 4.78 is 25.3. The maximum absolute atomic E-state index is 12.2. The van der Waals surface area contributed by atoms with Crippen LogP contribution in [0.2, 0.25) is 5.02 Å². The van der Waals surface area contributed by atoms with Crippen molar-refractivity contribution >= 4 is 39.4 Å². The first-order valence-corrected chi connectivity index (χ1v) is 8.35. The summed E-state index contributed by atoms with van der Waals surface area (Å²) in [6.45, 7) is -0.0838. The Bertz CT molecular complexity index is 574. The van der Waals surface area contributed by atoms with Crippen LogP contribution in [0.15, 0.2) is 28.0 Å². The van der Waals surface area contributed by atoms with Gasteiger partial charge in [-0.3, -0.25) is 4.79 Å². The van der Waals surface area contributed by atoms with Gasteiger partial charge in [-0.25, -0.2) is 12.7 Å². The zero-order valence-electron chi connectivity index (χ0n) is 10.5. The molecule has 0 radical (unpaired) electrons. The van der Waals surface area contributed by atoms with Gasteiger partial charge in [0.15, 0.2) is 0 Å². The van der Waals surface area contributed by atoms with E-state index in [1.54, 1.807) is 6.07 Å². The number of benzene rings is 1. The van der Waals surface area contributed by atoms with E-state index in [1.807, 2.05) is 6.26 Å². The molecular formula is C11H14ClNO4S2. The number of sulfonamides is 1. The molecule has 0 unspecified atom stereocenters. The molecule has 1 rings (SSSR count). The number of hydrogen-bond donors (Lipinski definition) is 1. The molecule has 0 aromatic heterocycles. The van der Waals surface area contributed by atoms with Gasteiger partial charge < -0.3 is 5.11 Å². The first-order valence-electron chi connectivity index (χ1n) is 5.30. The van der Waals surface area contributed by atoms with Crippen molar-refractivity contribution in [1.82, 2.24) is 4.31 Å².